The number of amides is 4. The predicted molar refractivity (Wildman–Crippen MR) is 197 cm³/mol. The largest absolute Gasteiger partial charge is 0.446 e. The molecule has 1 aliphatic heterocycles. The van der Waals surface area contributed by atoms with Crippen LogP contribution >= 0.6 is 0 Å². The maximum Gasteiger partial charge on any atom is 0.408 e. The summed E-state index contributed by atoms with van der Waals surface area (Å²) in [4.78, 5) is 63.1. The molecule has 4 aliphatic carbocycles. The summed E-state index contributed by atoms with van der Waals surface area (Å²) >= 11 is 0. The fourth-order valence-corrected chi connectivity index (χ4v) is 9.37. The minimum absolute atomic E-state index is 0.0185. The number of sulfonamides is 1. The number of carbonyl (C=O) groups is 4. The van der Waals surface area contributed by atoms with E-state index < -0.39 is 68.2 Å². The minimum atomic E-state index is -3.86. The highest BCUT2D eigenvalue weighted by Crippen LogP contribution is 2.47. The highest BCUT2D eigenvalue weighted by molar-refractivity contribution is 7.91. The van der Waals surface area contributed by atoms with Crippen LogP contribution in [0.1, 0.15) is 96.6 Å². The second-order valence-corrected chi connectivity index (χ2v) is 18.2. The van der Waals surface area contributed by atoms with E-state index in [1.54, 1.807) is 0 Å². The van der Waals surface area contributed by atoms with Gasteiger partial charge in [-0.15, -0.1) is 0 Å². The molecular weight excluding hydrogens is 699 g/mol. The molecule has 0 aromatic heterocycles. The molecule has 1 saturated heterocycles. The number of likely N-dealkylation sites (tertiary alicyclic amines) is 1. The summed E-state index contributed by atoms with van der Waals surface area (Å²) < 4.78 is 33.3. The van der Waals surface area contributed by atoms with Crippen molar-refractivity contribution in [2.45, 2.75) is 121 Å². The number of hydrogen-bond acceptors (Lipinski definition) is 9. The van der Waals surface area contributed by atoms with Gasteiger partial charge in [-0.3, -0.25) is 19.1 Å². The smallest absolute Gasteiger partial charge is 0.408 e. The van der Waals surface area contributed by atoms with Gasteiger partial charge in [0.05, 0.1) is 11.8 Å². The van der Waals surface area contributed by atoms with Crippen molar-refractivity contribution in [3.63, 3.8) is 0 Å². The Morgan fingerprint density at radius 2 is 1.53 bits per heavy atom. The van der Waals surface area contributed by atoms with Gasteiger partial charge in [0.1, 0.15) is 35.5 Å². The van der Waals surface area contributed by atoms with Crippen LogP contribution in [0, 0.1) is 11.3 Å². The van der Waals surface area contributed by atoms with E-state index in [1.165, 1.54) is 4.90 Å². The topological polar surface area (TPSA) is 173 Å². The molecule has 0 bridgehead atoms. The van der Waals surface area contributed by atoms with Crippen molar-refractivity contribution >= 4 is 39.5 Å². The van der Waals surface area contributed by atoms with Crippen molar-refractivity contribution in [3.05, 3.63) is 59.7 Å². The lowest BCUT2D eigenvalue weighted by molar-refractivity contribution is -0.143. The van der Waals surface area contributed by atoms with Gasteiger partial charge in [0.25, 0.3) is 5.91 Å². The van der Waals surface area contributed by atoms with Gasteiger partial charge in [0, 0.05) is 17.5 Å². The zero-order valence-corrected chi connectivity index (χ0v) is 31.5. The maximum atomic E-state index is 14.5. The molecule has 4 fully saturated rings. The highest BCUT2D eigenvalue weighted by Gasteiger charge is 2.62. The van der Waals surface area contributed by atoms with Crippen molar-refractivity contribution in [1.82, 2.24) is 20.3 Å². The first-order valence-corrected chi connectivity index (χ1v) is 20.3. The molecule has 2 aromatic rings. The van der Waals surface area contributed by atoms with Crippen LogP contribution in [0.15, 0.2) is 53.7 Å². The average molecular weight is 748 g/mol. The lowest BCUT2D eigenvalue weighted by Gasteiger charge is -2.35. The van der Waals surface area contributed by atoms with Crippen LogP contribution in [0.5, 0.6) is 0 Å². The summed E-state index contributed by atoms with van der Waals surface area (Å²) in [6.07, 6.45) is 3.68. The predicted octanol–water partition coefficient (Wildman–Crippen LogP) is 4.38. The molecule has 3 N–H and O–H groups in total. The number of fused-ring (bicyclic) bond motifs is 3. The molecule has 53 heavy (non-hydrogen) atoms. The van der Waals surface area contributed by atoms with Crippen molar-refractivity contribution in [2.24, 2.45) is 16.5 Å². The third-order valence-corrected chi connectivity index (χ3v) is 13.1. The van der Waals surface area contributed by atoms with Gasteiger partial charge in [0.2, 0.25) is 21.8 Å². The zero-order valence-electron chi connectivity index (χ0n) is 30.7. The van der Waals surface area contributed by atoms with E-state index in [0.29, 0.717) is 25.0 Å². The van der Waals surface area contributed by atoms with Gasteiger partial charge < -0.3 is 25.1 Å². The number of oxime groups is 1. The molecule has 0 unspecified atom stereocenters. The van der Waals surface area contributed by atoms with E-state index in [4.69, 9.17) is 9.57 Å². The minimum Gasteiger partial charge on any atom is -0.446 e. The van der Waals surface area contributed by atoms with E-state index in [1.807, 2.05) is 76.2 Å². The van der Waals surface area contributed by atoms with Gasteiger partial charge in [-0.05, 0) is 67.4 Å². The van der Waals surface area contributed by atoms with E-state index in [2.05, 4.69) is 20.5 Å². The third-order valence-electron chi connectivity index (χ3n) is 11.3. The summed E-state index contributed by atoms with van der Waals surface area (Å²) in [5.74, 6) is -2.15. The highest BCUT2D eigenvalue weighted by atomic mass is 32.2. The quantitative estimate of drug-likeness (QED) is 0.243. The summed E-state index contributed by atoms with van der Waals surface area (Å²) in [7, 11) is -3.86. The molecule has 284 valence electrons. The SMILES string of the molecule is CC[C@@H]1C[C@@]1(NC(=O)[C@@H]1C[C@@H](ON=C2c3ccccc3-c3ccccc32)CN1C(=O)[C@@H](NC(=O)OC1CCCC1)C(C)(C)C)C(=O)NS(=O)(=O)C1CC1. The van der Waals surface area contributed by atoms with Crippen LogP contribution in [-0.4, -0.2) is 84.5 Å². The van der Waals surface area contributed by atoms with Crippen LogP contribution in [-0.2, 0) is 34.0 Å². The lowest BCUT2D eigenvalue weighted by Crippen LogP contribution is -2.60. The lowest BCUT2D eigenvalue weighted by atomic mass is 9.85. The summed E-state index contributed by atoms with van der Waals surface area (Å²) in [5.41, 5.74) is 2.30. The number of nitrogens with zero attached hydrogens (tertiary/aromatic N) is 2. The Balaban J connectivity index is 1.15. The number of rotatable bonds is 11. The van der Waals surface area contributed by atoms with Crippen molar-refractivity contribution < 1.29 is 37.2 Å². The summed E-state index contributed by atoms with van der Waals surface area (Å²) in [6, 6.07) is 13.6. The Morgan fingerprint density at radius 1 is 0.925 bits per heavy atom. The molecule has 5 aliphatic rings. The first-order chi connectivity index (χ1) is 25.2. The Morgan fingerprint density at radius 3 is 2.08 bits per heavy atom. The number of alkyl carbamates (subject to hydrolysis) is 1. The molecule has 2 aromatic carbocycles. The van der Waals surface area contributed by atoms with Crippen LogP contribution in [0.4, 0.5) is 4.79 Å². The Bertz CT molecular complexity index is 1890. The first kappa shape index (κ1) is 36.9. The van der Waals surface area contributed by atoms with E-state index in [0.717, 1.165) is 47.9 Å². The normalized spacial score (nSPS) is 25.5. The molecule has 1 heterocycles. The fourth-order valence-electron chi connectivity index (χ4n) is 8.01. The summed E-state index contributed by atoms with van der Waals surface area (Å²) in [5, 5.41) is 9.66. The Labute approximate surface area is 310 Å². The Hall–Kier alpha value is -4.46. The van der Waals surface area contributed by atoms with Crippen LogP contribution in [0.25, 0.3) is 11.1 Å². The molecule has 14 heteroatoms. The van der Waals surface area contributed by atoms with Crippen LogP contribution < -0.4 is 15.4 Å². The van der Waals surface area contributed by atoms with Gasteiger partial charge in [0.15, 0.2) is 0 Å². The molecule has 0 spiro atoms. The average Bonchev–Trinajstić information content (AvgIpc) is 3.96. The van der Waals surface area contributed by atoms with E-state index in [9.17, 15) is 27.6 Å². The molecule has 4 amide bonds. The molecule has 7 rings (SSSR count). The monoisotopic (exact) mass is 747 g/mol. The number of benzene rings is 2. The second-order valence-electron chi connectivity index (χ2n) is 16.2. The number of carbonyl (C=O) groups excluding carboxylic acids is 4. The van der Waals surface area contributed by atoms with Crippen molar-refractivity contribution in [3.8, 4) is 11.1 Å². The number of hydrogen-bond donors (Lipinski definition) is 3. The fraction of sp³-hybridized carbons (Fsp3) is 0.564. The number of ether oxygens (including phenoxy) is 1. The second kappa shape index (κ2) is 14.1. The van der Waals surface area contributed by atoms with Crippen LogP contribution in [0.3, 0.4) is 0 Å². The molecule has 3 saturated carbocycles. The first-order valence-electron chi connectivity index (χ1n) is 18.8. The zero-order chi connectivity index (χ0) is 37.7. The van der Waals surface area contributed by atoms with Crippen molar-refractivity contribution in [2.75, 3.05) is 6.54 Å². The molecule has 0 radical (unpaired) electrons. The molecular formula is C39H49N5O8S. The van der Waals surface area contributed by atoms with Gasteiger partial charge in [-0.2, -0.15) is 0 Å². The van der Waals surface area contributed by atoms with E-state index >= 15 is 0 Å². The third kappa shape index (κ3) is 7.39. The Kier molecular flexibility index (Phi) is 9.79. The van der Waals surface area contributed by atoms with E-state index in [-0.39, 0.29) is 31.4 Å². The van der Waals surface area contributed by atoms with Gasteiger partial charge >= 0.3 is 6.09 Å². The van der Waals surface area contributed by atoms with Gasteiger partial charge in [-0.1, -0.05) is 87.8 Å². The van der Waals surface area contributed by atoms with Gasteiger partial charge in [-0.25, -0.2) is 13.2 Å². The standard InChI is InChI=1S/C39H49N5O8S/c1-5-23-21-39(23,36(47)43-53(49,50)26-18-19-26)41-34(45)31-20-25(52-42-32-29-16-10-8-14-27(29)28-15-9-11-17-30(28)32)22-44(31)35(46)33(38(2,3)4)40-37(48)51-24-12-6-7-13-24/h8-11,14-17,23-26,31,33H,5-7,12-13,18-22H2,1-4H3,(H,40,48)(H,41,45)(H,43,47)/t23-,25-,31+,33-,39+/m1/s1. The molecule has 5 atom stereocenters. The number of nitrogens with one attached hydrogen (secondary N) is 3. The van der Waals surface area contributed by atoms with Crippen LogP contribution in [0.2, 0.25) is 0 Å². The maximum absolute atomic E-state index is 14.5. The summed E-state index contributed by atoms with van der Waals surface area (Å²) in [6.45, 7) is 7.32. The van der Waals surface area contributed by atoms with Crippen molar-refractivity contribution in [1.29, 1.82) is 0 Å². The molecule has 13 nitrogen and oxygen atoms in total.